The van der Waals surface area contributed by atoms with Crippen LogP contribution in [0.15, 0.2) is 24.3 Å². The Morgan fingerprint density at radius 2 is 2.00 bits per heavy atom. The highest BCUT2D eigenvalue weighted by atomic mass is 19.4. The molecule has 0 unspecified atom stereocenters. The monoisotopic (exact) mass is 249 g/mol. The van der Waals surface area contributed by atoms with Crippen LogP contribution in [-0.2, 0) is 15.8 Å². The lowest BCUT2D eigenvalue weighted by atomic mass is 10.1. The Labute approximate surface area is 93.4 Å². The number of carbonyl (C=O) groups is 1. The van der Waals surface area contributed by atoms with Crippen LogP contribution in [0.1, 0.15) is 11.1 Å². The summed E-state index contributed by atoms with van der Waals surface area (Å²) in [5.41, 5.74) is -1.28. The number of benzene rings is 1. The van der Waals surface area contributed by atoms with E-state index in [-0.39, 0.29) is 5.56 Å². The SMILES string of the molecule is NOC(=O)/C=C/c1ccc(C(F)(F)F)c(F)c1. The molecule has 0 atom stereocenters. The van der Waals surface area contributed by atoms with Crippen molar-refractivity contribution >= 4 is 12.0 Å². The van der Waals surface area contributed by atoms with Crippen LogP contribution in [0.25, 0.3) is 6.08 Å². The topological polar surface area (TPSA) is 52.3 Å². The van der Waals surface area contributed by atoms with Gasteiger partial charge in [-0.2, -0.15) is 19.1 Å². The van der Waals surface area contributed by atoms with Gasteiger partial charge in [0.25, 0.3) is 0 Å². The van der Waals surface area contributed by atoms with E-state index in [2.05, 4.69) is 10.7 Å². The van der Waals surface area contributed by atoms with Gasteiger partial charge in [0.2, 0.25) is 0 Å². The summed E-state index contributed by atoms with van der Waals surface area (Å²) in [6, 6.07) is 2.26. The maximum atomic E-state index is 13.1. The smallest absolute Gasteiger partial charge is 0.370 e. The molecular formula is C10H7F4NO2. The molecule has 0 saturated heterocycles. The summed E-state index contributed by atoms with van der Waals surface area (Å²) < 4.78 is 49.7. The van der Waals surface area contributed by atoms with Crippen LogP contribution in [0.3, 0.4) is 0 Å². The molecule has 0 radical (unpaired) electrons. The molecule has 0 bridgehead atoms. The molecule has 0 heterocycles. The molecule has 2 N–H and O–H groups in total. The Morgan fingerprint density at radius 3 is 2.47 bits per heavy atom. The molecule has 0 amide bonds. The van der Waals surface area contributed by atoms with E-state index in [9.17, 15) is 22.4 Å². The van der Waals surface area contributed by atoms with Crippen LogP contribution in [-0.4, -0.2) is 5.97 Å². The van der Waals surface area contributed by atoms with Crippen molar-refractivity contribution in [3.8, 4) is 0 Å². The first-order chi connectivity index (χ1) is 7.84. The lowest BCUT2D eigenvalue weighted by molar-refractivity contribution is -0.140. The molecule has 0 aliphatic rings. The highest BCUT2D eigenvalue weighted by Gasteiger charge is 2.33. The van der Waals surface area contributed by atoms with Gasteiger partial charge in [0.15, 0.2) is 0 Å². The van der Waals surface area contributed by atoms with E-state index in [4.69, 9.17) is 0 Å². The molecule has 1 rings (SSSR count). The van der Waals surface area contributed by atoms with Crippen molar-refractivity contribution in [2.24, 2.45) is 5.90 Å². The fraction of sp³-hybridized carbons (Fsp3) is 0.100. The second-order valence-corrected chi connectivity index (χ2v) is 3.01. The number of hydrogen-bond acceptors (Lipinski definition) is 3. The van der Waals surface area contributed by atoms with Crippen molar-refractivity contribution < 1.29 is 27.2 Å². The quantitative estimate of drug-likeness (QED) is 0.497. The van der Waals surface area contributed by atoms with Gasteiger partial charge in [-0.1, -0.05) is 6.07 Å². The minimum absolute atomic E-state index is 0.0842. The summed E-state index contributed by atoms with van der Waals surface area (Å²) in [4.78, 5) is 14.4. The van der Waals surface area contributed by atoms with Gasteiger partial charge in [-0.05, 0) is 23.8 Å². The summed E-state index contributed by atoms with van der Waals surface area (Å²) in [6.45, 7) is 0. The van der Waals surface area contributed by atoms with Gasteiger partial charge in [0.1, 0.15) is 5.82 Å². The van der Waals surface area contributed by atoms with Gasteiger partial charge in [-0.15, -0.1) is 0 Å². The Balaban J connectivity index is 2.98. The van der Waals surface area contributed by atoms with Gasteiger partial charge in [-0.3, -0.25) is 0 Å². The summed E-state index contributed by atoms with van der Waals surface area (Å²) in [6.07, 6.45) is -2.80. The average molecular weight is 249 g/mol. The number of alkyl halides is 3. The molecule has 0 fully saturated rings. The number of carbonyl (C=O) groups excluding carboxylic acids is 1. The average Bonchev–Trinajstić information content (AvgIpc) is 2.24. The molecule has 0 aliphatic heterocycles. The predicted octanol–water partition coefficient (Wildman–Crippen LogP) is 2.27. The molecule has 3 nitrogen and oxygen atoms in total. The first-order valence-corrected chi connectivity index (χ1v) is 4.30. The number of nitrogens with two attached hydrogens (primary N) is 1. The molecule has 1 aromatic rings. The maximum absolute atomic E-state index is 13.1. The summed E-state index contributed by atoms with van der Waals surface area (Å²) in [5, 5.41) is 0. The zero-order valence-electron chi connectivity index (χ0n) is 8.29. The maximum Gasteiger partial charge on any atom is 0.419 e. The largest absolute Gasteiger partial charge is 0.419 e. The Bertz CT molecular complexity index is 454. The third-order valence-electron chi connectivity index (χ3n) is 1.83. The number of rotatable bonds is 2. The van der Waals surface area contributed by atoms with Gasteiger partial charge in [0, 0.05) is 6.08 Å². The standard InChI is InChI=1S/C10H7F4NO2/c11-8-5-6(2-4-9(16)17-15)1-3-7(8)10(12,13)14/h1-5H,15H2/b4-2+. The van der Waals surface area contributed by atoms with Gasteiger partial charge >= 0.3 is 12.1 Å². The predicted molar refractivity (Wildman–Crippen MR) is 50.7 cm³/mol. The zero-order chi connectivity index (χ0) is 13.1. The fourth-order valence-electron chi connectivity index (χ4n) is 1.07. The van der Waals surface area contributed by atoms with E-state index in [0.29, 0.717) is 12.1 Å². The van der Waals surface area contributed by atoms with Crippen molar-refractivity contribution in [2.45, 2.75) is 6.18 Å². The second kappa shape index (κ2) is 4.96. The molecule has 0 saturated carbocycles. The molecule has 1 aromatic carbocycles. The number of halogens is 4. The van der Waals surface area contributed by atoms with Crippen molar-refractivity contribution in [3.63, 3.8) is 0 Å². The molecule has 17 heavy (non-hydrogen) atoms. The minimum atomic E-state index is -4.75. The molecule has 0 spiro atoms. The van der Waals surface area contributed by atoms with Crippen molar-refractivity contribution in [1.29, 1.82) is 0 Å². The Morgan fingerprint density at radius 1 is 1.35 bits per heavy atom. The van der Waals surface area contributed by atoms with E-state index in [1.807, 2.05) is 0 Å². The van der Waals surface area contributed by atoms with E-state index < -0.39 is 23.5 Å². The van der Waals surface area contributed by atoms with Crippen LogP contribution in [0.4, 0.5) is 17.6 Å². The first-order valence-electron chi connectivity index (χ1n) is 4.30. The van der Waals surface area contributed by atoms with Crippen LogP contribution >= 0.6 is 0 Å². The molecular weight excluding hydrogens is 242 g/mol. The Kier molecular flexibility index (Phi) is 3.84. The molecule has 0 aliphatic carbocycles. The normalized spacial score (nSPS) is 11.8. The van der Waals surface area contributed by atoms with Gasteiger partial charge < -0.3 is 4.84 Å². The Hall–Kier alpha value is -1.89. The van der Waals surface area contributed by atoms with E-state index in [1.165, 1.54) is 0 Å². The molecule has 92 valence electrons. The van der Waals surface area contributed by atoms with E-state index >= 15 is 0 Å². The van der Waals surface area contributed by atoms with Crippen molar-refractivity contribution in [3.05, 3.63) is 41.2 Å². The van der Waals surface area contributed by atoms with Crippen molar-refractivity contribution in [1.82, 2.24) is 0 Å². The fourth-order valence-corrected chi connectivity index (χ4v) is 1.07. The highest BCUT2D eigenvalue weighted by molar-refractivity contribution is 5.86. The van der Waals surface area contributed by atoms with Crippen molar-refractivity contribution in [2.75, 3.05) is 0 Å². The first kappa shape index (κ1) is 13.2. The van der Waals surface area contributed by atoms with Crippen LogP contribution < -0.4 is 5.90 Å². The molecule has 7 heteroatoms. The third-order valence-corrected chi connectivity index (χ3v) is 1.83. The lowest BCUT2D eigenvalue weighted by Gasteiger charge is -2.07. The zero-order valence-corrected chi connectivity index (χ0v) is 8.29. The van der Waals surface area contributed by atoms with Crippen LogP contribution in [0.5, 0.6) is 0 Å². The molecule has 0 aromatic heterocycles. The second-order valence-electron chi connectivity index (χ2n) is 3.01. The summed E-state index contributed by atoms with van der Waals surface area (Å²) >= 11 is 0. The third kappa shape index (κ3) is 3.56. The van der Waals surface area contributed by atoms with Crippen LogP contribution in [0.2, 0.25) is 0 Å². The number of hydrogen-bond donors (Lipinski definition) is 1. The van der Waals surface area contributed by atoms with E-state index in [0.717, 1.165) is 18.2 Å². The minimum Gasteiger partial charge on any atom is -0.370 e. The van der Waals surface area contributed by atoms with Gasteiger partial charge in [0.05, 0.1) is 5.56 Å². The van der Waals surface area contributed by atoms with Gasteiger partial charge in [-0.25, -0.2) is 9.18 Å². The van der Waals surface area contributed by atoms with E-state index in [1.54, 1.807) is 0 Å². The lowest BCUT2D eigenvalue weighted by Crippen LogP contribution is -2.08. The highest BCUT2D eigenvalue weighted by Crippen LogP contribution is 2.31. The summed E-state index contributed by atoms with van der Waals surface area (Å²) in [7, 11) is 0. The van der Waals surface area contributed by atoms with Crippen LogP contribution in [0, 0.1) is 5.82 Å². The summed E-state index contributed by atoms with van der Waals surface area (Å²) in [5.74, 6) is 2.21.